The van der Waals surface area contributed by atoms with Gasteiger partial charge in [-0.25, -0.2) is 14.3 Å². The fourth-order valence-electron chi connectivity index (χ4n) is 3.75. The standard InChI is InChI=1S/C23H31FN3O8P/c1-4-12-33-20(30)15(2)26-36(32,14-16-8-6-5-7-9-16)34-13-17-19(29)23(3,24)21(35-17)27-11-10-18(28)25-22(27)31/h5-11,15,17,19,21,29H,4,12-14H2,1-3H3,(H,26,32)(H,25,28,31)/t15-,17?,19+,21+,23+,36?/m0/s1. The molecule has 0 saturated carbocycles. The molecule has 1 aliphatic rings. The molecule has 2 aromatic rings. The second-order valence-corrected chi connectivity index (χ2v) is 10.9. The minimum Gasteiger partial charge on any atom is -0.493 e. The largest absolute Gasteiger partial charge is 0.493 e. The molecule has 0 radical (unpaired) electrons. The molecule has 0 bridgehead atoms. The molecule has 0 amide bonds. The zero-order valence-corrected chi connectivity index (χ0v) is 21.1. The summed E-state index contributed by atoms with van der Waals surface area (Å²) in [7, 11) is -3.79. The van der Waals surface area contributed by atoms with Gasteiger partial charge >= 0.3 is 11.7 Å². The van der Waals surface area contributed by atoms with Crippen LogP contribution in [0.1, 0.15) is 39.0 Å². The molecule has 1 fully saturated rings. The fourth-order valence-corrected chi connectivity index (χ4v) is 5.79. The third kappa shape index (κ3) is 6.57. The van der Waals surface area contributed by atoms with Gasteiger partial charge in [0, 0.05) is 12.3 Å². The monoisotopic (exact) mass is 527 g/mol. The van der Waals surface area contributed by atoms with Crippen LogP contribution in [-0.4, -0.2) is 62.9 Å². The van der Waals surface area contributed by atoms with Crippen LogP contribution in [0.25, 0.3) is 0 Å². The van der Waals surface area contributed by atoms with Crippen molar-refractivity contribution in [3.63, 3.8) is 0 Å². The summed E-state index contributed by atoms with van der Waals surface area (Å²) in [6.45, 7) is 4.08. The molecule has 1 saturated heterocycles. The van der Waals surface area contributed by atoms with E-state index >= 15 is 4.39 Å². The van der Waals surface area contributed by atoms with Crippen molar-refractivity contribution in [1.29, 1.82) is 0 Å². The molecule has 11 nitrogen and oxygen atoms in total. The molecule has 3 N–H and O–H groups in total. The molecule has 1 aromatic heterocycles. The van der Waals surface area contributed by atoms with Gasteiger partial charge in [-0.15, -0.1) is 0 Å². The molecule has 198 valence electrons. The zero-order chi connectivity index (χ0) is 26.5. The van der Waals surface area contributed by atoms with E-state index in [4.69, 9.17) is 14.0 Å². The number of carbonyl (C=O) groups excluding carboxylic acids is 1. The molecule has 2 unspecified atom stereocenters. The average molecular weight is 527 g/mol. The van der Waals surface area contributed by atoms with Crippen molar-refractivity contribution in [3.05, 3.63) is 58.6 Å². The third-order valence-electron chi connectivity index (χ3n) is 5.66. The van der Waals surface area contributed by atoms with Crippen molar-refractivity contribution in [1.82, 2.24) is 14.6 Å². The lowest BCUT2D eigenvalue weighted by atomic mass is 9.98. The molecular weight excluding hydrogens is 496 g/mol. The van der Waals surface area contributed by atoms with Crippen LogP contribution in [0, 0.1) is 0 Å². The number of hydrogen-bond acceptors (Lipinski definition) is 9. The van der Waals surface area contributed by atoms with Crippen LogP contribution in [0.5, 0.6) is 5.88 Å². The Balaban J connectivity index is 1.78. The first-order valence-corrected chi connectivity index (χ1v) is 13.3. The van der Waals surface area contributed by atoms with E-state index in [0.29, 0.717) is 12.0 Å². The molecule has 2 heterocycles. The maximum Gasteiger partial charge on any atom is 0.353 e. The fraction of sp³-hybridized carbons (Fsp3) is 0.522. The van der Waals surface area contributed by atoms with E-state index in [1.807, 2.05) is 6.92 Å². The van der Waals surface area contributed by atoms with Gasteiger partial charge in [-0.3, -0.25) is 13.9 Å². The molecule has 0 spiro atoms. The van der Waals surface area contributed by atoms with Gasteiger partial charge in [-0.05, 0) is 25.8 Å². The predicted octanol–water partition coefficient (Wildman–Crippen LogP) is 2.28. The Labute approximate surface area is 207 Å². The lowest BCUT2D eigenvalue weighted by molar-refractivity contribution is -0.145. The summed E-state index contributed by atoms with van der Waals surface area (Å²) >= 11 is 0. The first-order chi connectivity index (χ1) is 17.0. The smallest absolute Gasteiger partial charge is 0.353 e. The van der Waals surface area contributed by atoms with E-state index in [1.165, 1.54) is 6.92 Å². The first kappa shape index (κ1) is 27.9. The van der Waals surface area contributed by atoms with Crippen LogP contribution in [0.3, 0.4) is 0 Å². The van der Waals surface area contributed by atoms with Crippen molar-refractivity contribution in [2.75, 3.05) is 13.2 Å². The van der Waals surface area contributed by atoms with Crippen molar-refractivity contribution < 1.29 is 38.0 Å². The number of carbonyl (C=O) groups is 1. The van der Waals surface area contributed by atoms with Crippen LogP contribution >= 0.6 is 7.52 Å². The number of halogens is 1. The second kappa shape index (κ2) is 11.6. The molecule has 1 aliphatic heterocycles. The Morgan fingerprint density at radius 1 is 1.36 bits per heavy atom. The number of aliphatic hydroxyl groups is 1. The number of hydrogen-bond donors (Lipinski definition) is 3. The minimum atomic E-state index is -3.79. The summed E-state index contributed by atoms with van der Waals surface area (Å²) in [5.41, 5.74) is -2.76. The molecule has 3 rings (SSSR count). The third-order valence-corrected chi connectivity index (χ3v) is 7.79. The van der Waals surface area contributed by atoms with E-state index in [1.54, 1.807) is 30.3 Å². The highest BCUT2D eigenvalue weighted by Crippen LogP contribution is 2.49. The van der Waals surface area contributed by atoms with Gasteiger partial charge in [-0.1, -0.05) is 37.3 Å². The number of esters is 1. The molecule has 0 aliphatic carbocycles. The highest BCUT2D eigenvalue weighted by Gasteiger charge is 2.55. The Kier molecular flexibility index (Phi) is 9.02. The Bertz CT molecular complexity index is 1150. The Morgan fingerprint density at radius 3 is 2.69 bits per heavy atom. The van der Waals surface area contributed by atoms with Crippen LogP contribution in [-0.2, 0) is 29.5 Å². The van der Waals surface area contributed by atoms with Gasteiger partial charge in [0.2, 0.25) is 5.88 Å². The van der Waals surface area contributed by atoms with E-state index in [9.17, 15) is 24.4 Å². The first-order valence-electron chi connectivity index (χ1n) is 11.5. The van der Waals surface area contributed by atoms with Crippen molar-refractivity contribution >= 4 is 13.5 Å². The number of nitrogens with one attached hydrogen (secondary N) is 1. The number of aromatic hydroxyl groups is 1. The van der Waals surface area contributed by atoms with Gasteiger partial charge in [0.05, 0.1) is 19.4 Å². The normalized spacial score (nSPS) is 26.3. The number of aliphatic hydroxyl groups excluding tert-OH is 1. The predicted molar refractivity (Wildman–Crippen MR) is 127 cm³/mol. The number of alkyl halides is 1. The van der Waals surface area contributed by atoms with Gasteiger partial charge in [0.25, 0.3) is 7.52 Å². The zero-order valence-electron chi connectivity index (χ0n) is 20.2. The maximum atomic E-state index is 15.5. The lowest BCUT2D eigenvalue weighted by Gasteiger charge is -2.25. The number of aromatic nitrogens is 2. The summed E-state index contributed by atoms with van der Waals surface area (Å²) in [5.74, 6) is -1.16. The van der Waals surface area contributed by atoms with Crippen LogP contribution in [0.15, 0.2) is 47.4 Å². The van der Waals surface area contributed by atoms with Gasteiger partial charge in [0.15, 0.2) is 11.9 Å². The summed E-state index contributed by atoms with van der Waals surface area (Å²) in [6.07, 6.45) is -3.02. The molecule has 13 heteroatoms. The van der Waals surface area contributed by atoms with E-state index in [2.05, 4.69) is 10.1 Å². The van der Waals surface area contributed by atoms with Crippen molar-refractivity contribution in [3.8, 4) is 5.88 Å². The van der Waals surface area contributed by atoms with Gasteiger partial charge in [0.1, 0.15) is 18.2 Å². The quantitative estimate of drug-likeness (QED) is 0.293. The van der Waals surface area contributed by atoms with Crippen LogP contribution < -0.4 is 10.8 Å². The summed E-state index contributed by atoms with van der Waals surface area (Å²) in [6, 6.07) is 8.87. The molecule has 6 atom stereocenters. The second-order valence-electron chi connectivity index (χ2n) is 8.73. The SMILES string of the molecule is CCCOC(=O)[C@H](C)NP(=O)(Cc1ccccc1)OCC1O[C@@H](n2ccc(O)nc2=O)[C@](C)(F)[C@@H]1O. The Hall–Kier alpha value is -2.63. The topological polar surface area (TPSA) is 149 Å². The molecule has 36 heavy (non-hydrogen) atoms. The lowest BCUT2D eigenvalue weighted by Crippen LogP contribution is -2.43. The highest BCUT2D eigenvalue weighted by molar-refractivity contribution is 7.56. The number of ether oxygens (including phenoxy) is 2. The van der Waals surface area contributed by atoms with Gasteiger partial charge < -0.3 is 24.2 Å². The van der Waals surface area contributed by atoms with E-state index in [0.717, 1.165) is 23.8 Å². The van der Waals surface area contributed by atoms with E-state index in [-0.39, 0.29) is 12.8 Å². The number of nitrogens with zero attached hydrogens (tertiary/aromatic N) is 2. The van der Waals surface area contributed by atoms with Crippen molar-refractivity contribution in [2.45, 2.75) is 63.5 Å². The highest BCUT2D eigenvalue weighted by atomic mass is 31.2. The van der Waals surface area contributed by atoms with E-state index < -0.39 is 61.8 Å². The minimum absolute atomic E-state index is 0.0975. The molecule has 1 aromatic carbocycles. The summed E-state index contributed by atoms with van der Waals surface area (Å²) in [5, 5.41) is 22.7. The Morgan fingerprint density at radius 2 is 2.06 bits per heavy atom. The average Bonchev–Trinajstić information content (AvgIpc) is 3.05. The maximum absolute atomic E-state index is 15.5. The van der Waals surface area contributed by atoms with Crippen molar-refractivity contribution in [2.24, 2.45) is 0 Å². The summed E-state index contributed by atoms with van der Waals surface area (Å²) < 4.78 is 46.4. The number of rotatable bonds is 11. The van der Waals surface area contributed by atoms with Gasteiger partial charge in [-0.2, -0.15) is 4.98 Å². The summed E-state index contributed by atoms with van der Waals surface area (Å²) in [4.78, 5) is 27.7. The van der Waals surface area contributed by atoms with Crippen LogP contribution in [0.2, 0.25) is 0 Å². The number of benzene rings is 1. The molecular formula is C23H31FN3O8P. The van der Waals surface area contributed by atoms with Crippen LogP contribution in [0.4, 0.5) is 4.39 Å².